The van der Waals surface area contributed by atoms with Gasteiger partial charge in [0.2, 0.25) is 0 Å². The summed E-state index contributed by atoms with van der Waals surface area (Å²) in [6.45, 7) is 7.31. The molecule has 41 heavy (non-hydrogen) atoms. The molecule has 0 bridgehead atoms. The molecular weight excluding hydrogens is 522 g/mol. The predicted octanol–water partition coefficient (Wildman–Crippen LogP) is 3.82. The van der Waals surface area contributed by atoms with Gasteiger partial charge in [-0.1, -0.05) is 29.8 Å². The number of carbonyl (C=O) groups is 1. The number of methoxy groups -OCH3 is 2. The first-order valence-corrected chi connectivity index (χ1v) is 15.0. The number of rotatable bonds is 9. The Labute approximate surface area is 243 Å². The zero-order valence-electron chi connectivity index (χ0n) is 24.9. The molecule has 4 heterocycles. The van der Waals surface area contributed by atoms with Crippen molar-refractivity contribution in [2.24, 2.45) is 0 Å². The second-order valence-electron chi connectivity index (χ2n) is 11.5. The SMILES string of the molecule is COc1nc(NCC2CCCC(c3ccc(C)cc3)O2)c(C)c(C(=O)N2CCC(NC3CCOCC3OC)CC2)n1. The molecule has 0 aliphatic carbocycles. The number of aromatic nitrogens is 2. The summed E-state index contributed by atoms with van der Waals surface area (Å²) in [7, 11) is 3.26. The van der Waals surface area contributed by atoms with Crippen LogP contribution >= 0.6 is 0 Å². The summed E-state index contributed by atoms with van der Waals surface area (Å²) in [5.74, 6) is 0.529. The van der Waals surface area contributed by atoms with Crippen LogP contribution in [0.2, 0.25) is 0 Å². The molecule has 1 aromatic carbocycles. The fraction of sp³-hybridized carbons (Fsp3) is 0.645. The molecule has 3 fully saturated rings. The minimum atomic E-state index is -0.0844. The first-order valence-electron chi connectivity index (χ1n) is 15.0. The summed E-state index contributed by atoms with van der Waals surface area (Å²) in [4.78, 5) is 24.5. The molecule has 2 N–H and O–H groups in total. The van der Waals surface area contributed by atoms with Crippen molar-refractivity contribution >= 4 is 11.7 Å². The number of nitrogens with one attached hydrogen (secondary N) is 2. The molecule has 1 amide bonds. The van der Waals surface area contributed by atoms with Crippen molar-refractivity contribution in [1.29, 1.82) is 0 Å². The third-order valence-electron chi connectivity index (χ3n) is 8.64. The molecule has 3 aliphatic rings. The van der Waals surface area contributed by atoms with Gasteiger partial charge in [0.1, 0.15) is 11.5 Å². The van der Waals surface area contributed by atoms with Crippen LogP contribution in [-0.2, 0) is 14.2 Å². The van der Waals surface area contributed by atoms with E-state index in [2.05, 4.69) is 51.8 Å². The average Bonchev–Trinajstić information content (AvgIpc) is 3.01. The molecule has 224 valence electrons. The molecular formula is C31H45N5O5. The molecule has 4 unspecified atom stereocenters. The largest absolute Gasteiger partial charge is 0.467 e. The lowest BCUT2D eigenvalue weighted by Gasteiger charge is -2.38. The lowest BCUT2D eigenvalue weighted by atomic mass is 9.97. The lowest BCUT2D eigenvalue weighted by Crippen LogP contribution is -2.54. The van der Waals surface area contributed by atoms with Crippen LogP contribution in [0.3, 0.4) is 0 Å². The highest BCUT2D eigenvalue weighted by Crippen LogP contribution is 2.32. The van der Waals surface area contributed by atoms with Gasteiger partial charge in [0.15, 0.2) is 0 Å². The number of anilines is 1. The minimum Gasteiger partial charge on any atom is -0.467 e. The van der Waals surface area contributed by atoms with Crippen molar-refractivity contribution < 1.29 is 23.7 Å². The maximum absolute atomic E-state index is 13.6. The van der Waals surface area contributed by atoms with Crippen LogP contribution < -0.4 is 15.4 Å². The number of piperidine rings is 1. The first-order chi connectivity index (χ1) is 19.9. The van der Waals surface area contributed by atoms with E-state index in [1.54, 1.807) is 7.11 Å². The van der Waals surface area contributed by atoms with Gasteiger partial charge >= 0.3 is 6.01 Å². The summed E-state index contributed by atoms with van der Waals surface area (Å²) in [6.07, 6.45) is 6.01. The number of benzene rings is 1. The van der Waals surface area contributed by atoms with Crippen LogP contribution in [0.1, 0.15) is 71.8 Å². The molecule has 4 atom stereocenters. The monoisotopic (exact) mass is 567 g/mol. The Kier molecular flexibility index (Phi) is 10.1. The van der Waals surface area contributed by atoms with Crippen LogP contribution in [0.4, 0.5) is 5.82 Å². The van der Waals surface area contributed by atoms with E-state index in [1.165, 1.54) is 18.2 Å². The number of carbonyl (C=O) groups excluding carboxylic acids is 1. The van der Waals surface area contributed by atoms with Gasteiger partial charge in [-0.2, -0.15) is 9.97 Å². The van der Waals surface area contributed by atoms with Crippen molar-refractivity contribution in [2.75, 3.05) is 52.4 Å². The van der Waals surface area contributed by atoms with Crippen LogP contribution in [-0.4, -0.2) is 92.1 Å². The van der Waals surface area contributed by atoms with Gasteiger partial charge in [0, 0.05) is 51.0 Å². The van der Waals surface area contributed by atoms with E-state index in [4.69, 9.17) is 18.9 Å². The van der Waals surface area contributed by atoms with Gasteiger partial charge in [0.25, 0.3) is 5.91 Å². The molecule has 3 aliphatic heterocycles. The normalized spacial score (nSPS) is 25.6. The fourth-order valence-electron chi connectivity index (χ4n) is 6.09. The number of amides is 1. The smallest absolute Gasteiger partial charge is 0.318 e. The van der Waals surface area contributed by atoms with Gasteiger partial charge < -0.3 is 34.5 Å². The minimum absolute atomic E-state index is 0.0505. The third kappa shape index (κ3) is 7.35. The van der Waals surface area contributed by atoms with Crippen LogP contribution in [0.5, 0.6) is 6.01 Å². The number of nitrogens with zero attached hydrogens (tertiary/aromatic N) is 3. The molecule has 1 aromatic heterocycles. The average molecular weight is 568 g/mol. The van der Waals surface area contributed by atoms with Crippen LogP contribution in [0, 0.1) is 13.8 Å². The number of likely N-dealkylation sites (tertiary alicyclic amines) is 1. The highest BCUT2D eigenvalue weighted by molar-refractivity contribution is 5.95. The van der Waals surface area contributed by atoms with E-state index in [1.807, 2.05) is 11.8 Å². The molecule has 5 rings (SSSR count). The fourth-order valence-corrected chi connectivity index (χ4v) is 6.09. The highest BCUT2D eigenvalue weighted by atomic mass is 16.5. The number of hydrogen-bond donors (Lipinski definition) is 2. The summed E-state index contributed by atoms with van der Waals surface area (Å²) in [5, 5.41) is 7.19. The molecule has 2 aromatic rings. The number of aryl methyl sites for hydroxylation is 1. The molecule has 3 saturated heterocycles. The highest BCUT2D eigenvalue weighted by Gasteiger charge is 2.32. The molecule has 0 spiro atoms. The quantitative estimate of drug-likeness (QED) is 0.468. The summed E-state index contributed by atoms with van der Waals surface area (Å²) in [6, 6.07) is 9.40. The maximum Gasteiger partial charge on any atom is 0.318 e. The lowest BCUT2D eigenvalue weighted by molar-refractivity contribution is -0.0533. The predicted molar refractivity (Wildman–Crippen MR) is 157 cm³/mol. The van der Waals surface area contributed by atoms with E-state index in [-0.39, 0.29) is 36.3 Å². The Balaban J connectivity index is 1.19. The van der Waals surface area contributed by atoms with Crippen molar-refractivity contribution in [2.45, 2.75) is 82.8 Å². The van der Waals surface area contributed by atoms with E-state index in [9.17, 15) is 4.79 Å². The Morgan fingerprint density at radius 1 is 1.05 bits per heavy atom. The molecule has 10 heteroatoms. The van der Waals surface area contributed by atoms with Gasteiger partial charge in [-0.25, -0.2) is 0 Å². The second-order valence-corrected chi connectivity index (χ2v) is 11.5. The molecule has 0 radical (unpaired) electrons. The summed E-state index contributed by atoms with van der Waals surface area (Å²) < 4.78 is 23.0. The Morgan fingerprint density at radius 3 is 2.56 bits per heavy atom. The van der Waals surface area contributed by atoms with Gasteiger partial charge in [-0.05, 0) is 57.9 Å². The molecule has 10 nitrogen and oxygen atoms in total. The van der Waals surface area contributed by atoms with Crippen molar-refractivity contribution in [3.63, 3.8) is 0 Å². The summed E-state index contributed by atoms with van der Waals surface area (Å²) >= 11 is 0. The number of ether oxygens (including phenoxy) is 4. The van der Waals surface area contributed by atoms with Crippen LogP contribution in [0.15, 0.2) is 24.3 Å². The van der Waals surface area contributed by atoms with Gasteiger partial charge in [-0.3, -0.25) is 4.79 Å². The van der Waals surface area contributed by atoms with Crippen molar-refractivity contribution in [3.8, 4) is 6.01 Å². The first kappa shape index (κ1) is 29.7. The van der Waals surface area contributed by atoms with Gasteiger partial charge in [0.05, 0.1) is 32.0 Å². The standard InChI is InChI=1S/C31H45N5O5/c1-20-8-10-22(11-9-20)26-7-5-6-24(41-26)18-32-29-21(2)28(34-31(35-29)39-4)30(37)36-15-12-23(13-16-36)33-25-14-17-40-19-27(25)38-3/h8-11,23-27,33H,5-7,12-19H2,1-4H3,(H,32,34,35). The van der Waals surface area contributed by atoms with Crippen LogP contribution in [0.25, 0.3) is 0 Å². The zero-order valence-corrected chi connectivity index (χ0v) is 24.9. The van der Waals surface area contributed by atoms with E-state index in [0.29, 0.717) is 43.8 Å². The third-order valence-corrected chi connectivity index (χ3v) is 8.64. The van der Waals surface area contributed by atoms with Crippen molar-refractivity contribution in [3.05, 3.63) is 46.6 Å². The summed E-state index contributed by atoms with van der Waals surface area (Å²) in [5.41, 5.74) is 3.58. The molecule has 0 saturated carbocycles. The Bertz CT molecular complexity index is 1150. The van der Waals surface area contributed by atoms with E-state index in [0.717, 1.165) is 50.7 Å². The number of hydrogen-bond acceptors (Lipinski definition) is 9. The Morgan fingerprint density at radius 2 is 1.83 bits per heavy atom. The topological polar surface area (TPSA) is 107 Å². The van der Waals surface area contributed by atoms with Crippen molar-refractivity contribution in [1.82, 2.24) is 20.2 Å². The Hall–Kier alpha value is -2.79. The second kappa shape index (κ2) is 13.9. The van der Waals surface area contributed by atoms with E-state index >= 15 is 0 Å². The van der Waals surface area contributed by atoms with Gasteiger partial charge in [-0.15, -0.1) is 0 Å². The zero-order chi connectivity index (χ0) is 28.8. The maximum atomic E-state index is 13.6. The van der Waals surface area contributed by atoms with E-state index < -0.39 is 0 Å².